The first kappa shape index (κ1) is 13.9. The van der Waals surface area contributed by atoms with Gasteiger partial charge in [-0.15, -0.1) is 0 Å². The lowest BCUT2D eigenvalue weighted by Crippen LogP contribution is -2.32. The zero-order valence-electron chi connectivity index (χ0n) is 11.5. The summed E-state index contributed by atoms with van der Waals surface area (Å²) >= 11 is 0. The molecule has 0 aliphatic heterocycles. The van der Waals surface area contributed by atoms with Crippen molar-refractivity contribution in [3.63, 3.8) is 0 Å². The molecule has 0 bridgehead atoms. The smallest absolute Gasteiger partial charge is 0.303 e. The van der Waals surface area contributed by atoms with Crippen LogP contribution in [0.5, 0.6) is 5.75 Å². The standard InChI is InChI=1S/C16H22O3/c1-2-12-7-3-5-9-14(12)19-15-10-6-4-8-13(15)11-16(17)18/h3,5,7,9,13,15H,2,4,6,8,10-11H2,1H3,(H,17,18). The van der Waals surface area contributed by atoms with E-state index < -0.39 is 5.97 Å². The van der Waals surface area contributed by atoms with Gasteiger partial charge in [0.1, 0.15) is 11.9 Å². The van der Waals surface area contributed by atoms with Crippen LogP contribution in [0.4, 0.5) is 0 Å². The summed E-state index contributed by atoms with van der Waals surface area (Å²) in [6.45, 7) is 2.11. The van der Waals surface area contributed by atoms with Crippen molar-refractivity contribution in [2.75, 3.05) is 0 Å². The molecule has 1 aliphatic rings. The topological polar surface area (TPSA) is 46.5 Å². The van der Waals surface area contributed by atoms with Crippen molar-refractivity contribution >= 4 is 5.97 Å². The van der Waals surface area contributed by atoms with Crippen molar-refractivity contribution in [2.24, 2.45) is 5.92 Å². The summed E-state index contributed by atoms with van der Waals surface area (Å²) in [6.07, 6.45) is 5.40. The van der Waals surface area contributed by atoms with Gasteiger partial charge in [-0.25, -0.2) is 0 Å². The van der Waals surface area contributed by atoms with Gasteiger partial charge in [-0.3, -0.25) is 4.79 Å². The average molecular weight is 262 g/mol. The van der Waals surface area contributed by atoms with E-state index in [1.54, 1.807) is 0 Å². The third kappa shape index (κ3) is 3.72. The molecule has 0 aromatic heterocycles. The Balaban J connectivity index is 2.08. The highest BCUT2D eigenvalue weighted by Crippen LogP contribution is 2.32. The predicted octanol–water partition coefficient (Wildman–Crippen LogP) is 3.66. The van der Waals surface area contributed by atoms with E-state index >= 15 is 0 Å². The quantitative estimate of drug-likeness (QED) is 0.880. The molecule has 3 nitrogen and oxygen atoms in total. The third-order valence-electron chi connectivity index (χ3n) is 3.91. The van der Waals surface area contributed by atoms with Crippen LogP contribution in [0.25, 0.3) is 0 Å². The van der Waals surface area contributed by atoms with Crippen LogP contribution in [-0.2, 0) is 11.2 Å². The van der Waals surface area contributed by atoms with Gasteiger partial charge in [0.25, 0.3) is 0 Å². The first-order valence-corrected chi connectivity index (χ1v) is 7.17. The molecule has 1 aromatic rings. The minimum absolute atomic E-state index is 0.0533. The van der Waals surface area contributed by atoms with Gasteiger partial charge in [-0.1, -0.05) is 31.5 Å². The van der Waals surface area contributed by atoms with Gasteiger partial charge in [0.15, 0.2) is 0 Å². The van der Waals surface area contributed by atoms with Crippen LogP contribution in [0, 0.1) is 5.92 Å². The second-order valence-electron chi connectivity index (χ2n) is 5.26. The molecule has 0 heterocycles. The van der Waals surface area contributed by atoms with Crippen LogP contribution in [0.1, 0.15) is 44.6 Å². The predicted molar refractivity (Wildman–Crippen MR) is 74.4 cm³/mol. The van der Waals surface area contributed by atoms with Gasteiger partial charge in [0.2, 0.25) is 0 Å². The maximum atomic E-state index is 10.9. The Hall–Kier alpha value is -1.51. The summed E-state index contributed by atoms with van der Waals surface area (Å²) in [4.78, 5) is 10.9. The van der Waals surface area contributed by atoms with Crippen LogP contribution in [0.3, 0.4) is 0 Å². The van der Waals surface area contributed by atoms with Gasteiger partial charge >= 0.3 is 5.97 Å². The SMILES string of the molecule is CCc1ccccc1OC1CCCCC1CC(=O)O. The molecule has 104 valence electrons. The maximum Gasteiger partial charge on any atom is 0.303 e. The summed E-state index contributed by atoms with van der Waals surface area (Å²) in [7, 11) is 0. The van der Waals surface area contributed by atoms with E-state index in [4.69, 9.17) is 9.84 Å². The zero-order chi connectivity index (χ0) is 13.7. The Morgan fingerprint density at radius 3 is 2.79 bits per heavy atom. The monoisotopic (exact) mass is 262 g/mol. The molecular weight excluding hydrogens is 240 g/mol. The highest BCUT2D eigenvalue weighted by Gasteiger charge is 2.29. The van der Waals surface area contributed by atoms with Crippen LogP contribution in [0.15, 0.2) is 24.3 Å². The molecule has 2 unspecified atom stereocenters. The lowest BCUT2D eigenvalue weighted by Gasteiger charge is -2.31. The van der Waals surface area contributed by atoms with Crippen molar-refractivity contribution in [1.29, 1.82) is 0 Å². The zero-order valence-corrected chi connectivity index (χ0v) is 11.5. The molecule has 2 atom stereocenters. The van der Waals surface area contributed by atoms with E-state index in [-0.39, 0.29) is 18.4 Å². The second-order valence-corrected chi connectivity index (χ2v) is 5.26. The Labute approximate surface area is 114 Å². The number of carbonyl (C=O) groups is 1. The van der Waals surface area contributed by atoms with Gasteiger partial charge in [-0.2, -0.15) is 0 Å². The molecule has 1 fully saturated rings. The van der Waals surface area contributed by atoms with Gasteiger partial charge in [0.05, 0.1) is 6.42 Å². The normalized spacial score (nSPS) is 23.0. The van der Waals surface area contributed by atoms with Crippen LogP contribution < -0.4 is 4.74 Å². The number of aliphatic carboxylic acids is 1. The van der Waals surface area contributed by atoms with Gasteiger partial charge in [-0.05, 0) is 37.3 Å². The molecule has 1 aliphatic carbocycles. The minimum Gasteiger partial charge on any atom is -0.490 e. The minimum atomic E-state index is -0.718. The molecule has 0 saturated heterocycles. The number of rotatable bonds is 5. The Morgan fingerprint density at radius 1 is 1.32 bits per heavy atom. The number of aryl methyl sites for hydroxylation is 1. The number of carboxylic acid groups (broad SMARTS) is 1. The van der Waals surface area contributed by atoms with Crippen molar-refractivity contribution in [3.8, 4) is 5.75 Å². The first-order chi connectivity index (χ1) is 9.20. The summed E-state index contributed by atoms with van der Waals surface area (Å²) < 4.78 is 6.13. The molecule has 19 heavy (non-hydrogen) atoms. The number of para-hydroxylation sites is 1. The van der Waals surface area contributed by atoms with E-state index in [0.717, 1.165) is 37.9 Å². The fourth-order valence-corrected chi connectivity index (χ4v) is 2.86. The Bertz CT molecular complexity index is 428. The Kier molecular flexibility index (Phi) is 4.83. The number of carboxylic acids is 1. The van der Waals surface area contributed by atoms with Gasteiger partial charge < -0.3 is 9.84 Å². The van der Waals surface area contributed by atoms with Crippen molar-refractivity contribution in [1.82, 2.24) is 0 Å². The number of ether oxygens (including phenoxy) is 1. The summed E-state index contributed by atoms with van der Waals surface area (Å²) in [6, 6.07) is 8.06. The van der Waals surface area contributed by atoms with Crippen LogP contribution in [-0.4, -0.2) is 17.2 Å². The number of benzene rings is 1. The van der Waals surface area contributed by atoms with Crippen LogP contribution in [0.2, 0.25) is 0 Å². The van der Waals surface area contributed by atoms with E-state index in [1.807, 2.05) is 18.2 Å². The summed E-state index contributed by atoms with van der Waals surface area (Å²) in [5.74, 6) is 0.354. The van der Waals surface area contributed by atoms with E-state index in [9.17, 15) is 4.79 Å². The Morgan fingerprint density at radius 2 is 2.05 bits per heavy atom. The van der Waals surface area contributed by atoms with E-state index in [2.05, 4.69) is 13.0 Å². The molecule has 0 radical (unpaired) electrons. The molecule has 0 spiro atoms. The average Bonchev–Trinajstić information content (AvgIpc) is 2.41. The molecule has 3 heteroatoms. The van der Waals surface area contributed by atoms with Gasteiger partial charge in [0, 0.05) is 5.92 Å². The summed E-state index contributed by atoms with van der Waals surface area (Å²) in [5, 5.41) is 8.99. The molecule has 0 amide bonds. The lowest BCUT2D eigenvalue weighted by atomic mass is 9.84. The second kappa shape index (κ2) is 6.60. The fraction of sp³-hybridized carbons (Fsp3) is 0.562. The van der Waals surface area contributed by atoms with E-state index in [0.29, 0.717) is 0 Å². The summed E-state index contributed by atoms with van der Waals surface area (Å²) in [5.41, 5.74) is 1.20. The number of hydrogen-bond acceptors (Lipinski definition) is 2. The molecule has 1 saturated carbocycles. The van der Waals surface area contributed by atoms with Crippen molar-refractivity contribution in [3.05, 3.63) is 29.8 Å². The van der Waals surface area contributed by atoms with Crippen LogP contribution >= 0.6 is 0 Å². The first-order valence-electron chi connectivity index (χ1n) is 7.17. The number of hydrogen-bond donors (Lipinski definition) is 1. The molecular formula is C16H22O3. The highest BCUT2D eigenvalue weighted by atomic mass is 16.5. The molecule has 1 aromatic carbocycles. The maximum absolute atomic E-state index is 10.9. The highest BCUT2D eigenvalue weighted by molar-refractivity contribution is 5.67. The fourth-order valence-electron chi connectivity index (χ4n) is 2.86. The lowest BCUT2D eigenvalue weighted by molar-refractivity contribution is -0.139. The molecule has 1 N–H and O–H groups in total. The van der Waals surface area contributed by atoms with Crippen molar-refractivity contribution in [2.45, 2.75) is 51.6 Å². The molecule has 2 rings (SSSR count). The van der Waals surface area contributed by atoms with E-state index in [1.165, 1.54) is 5.56 Å². The largest absolute Gasteiger partial charge is 0.490 e. The van der Waals surface area contributed by atoms with Crippen molar-refractivity contribution < 1.29 is 14.6 Å². The third-order valence-corrected chi connectivity index (χ3v) is 3.91.